The molecular weight excluding hydrogens is 236 g/mol. The van der Waals surface area contributed by atoms with Crippen LogP contribution in [0.15, 0.2) is 12.3 Å². The molecule has 1 aromatic rings. The van der Waals surface area contributed by atoms with Gasteiger partial charge < -0.3 is 14.8 Å². The Hall–Kier alpha value is -1.98. The van der Waals surface area contributed by atoms with Gasteiger partial charge in [-0.2, -0.15) is 0 Å². The molecule has 0 fully saturated rings. The molecular formula is C12H16N2O4. The number of ether oxygens (including phenoxy) is 1. The molecule has 2 heterocycles. The van der Waals surface area contributed by atoms with Crippen molar-refractivity contribution in [1.29, 1.82) is 0 Å². The Bertz CT molecular complexity index is 487. The van der Waals surface area contributed by atoms with Crippen LogP contribution in [0.1, 0.15) is 38.1 Å². The smallest absolute Gasteiger partial charge is 0.411 e. The molecule has 0 aliphatic carbocycles. The predicted octanol–water partition coefficient (Wildman–Crippen LogP) is 1.89. The fraction of sp³-hybridized carbons (Fsp3) is 0.500. The molecule has 1 unspecified atom stereocenters. The number of hydrogen-bond acceptors (Lipinski definition) is 3. The van der Waals surface area contributed by atoms with E-state index in [0.717, 1.165) is 5.69 Å². The highest BCUT2D eigenvalue weighted by atomic mass is 16.6. The van der Waals surface area contributed by atoms with Gasteiger partial charge in [0, 0.05) is 17.5 Å². The van der Waals surface area contributed by atoms with Crippen LogP contribution in [0.2, 0.25) is 0 Å². The zero-order valence-corrected chi connectivity index (χ0v) is 10.6. The van der Waals surface area contributed by atoms with Gasteiger partial charge >= 0.3 is 12.1 Å². The van der Waals surface area contributed by atoms with Gasteiger partial charge in [0.2, 0.25) is 0 Å². The zero-order chi connectivity index (χ0) is 13.5. The summed E-state index contributed by atoms with van der Waals surface area (Å²) in [6, 6.07) is 0.708. The SMILES string of the molecule is CC(C)(C)OC(=O)N1Cc2[nH]ccc2C1C(=O)O. The highest BCUT2D eigenvalue weighted by Crippen LogP contribution is 2.34. The van der Waals surface area contributed by atoms with E-state index in [0.29, 0.717) is 5.56 Å². The largest absolute Gasteiger partial charge is 0.479 e. The lowest BCUT2D eigenvalue weighted by Gasteiger charge is -2.26. The third-order valence-corrected chi connectivity index (χ3v) is 2.67. The number of fused-ring (bicyclic) bond motifs is 1. The van der Waals surface area contributed by atoms with Crippen molar-refractivity contribution in [3.8, 4) is 0 Å². The minimum atomic E-state index is -1.06. The maximum absolute atomic E-state index is 12.0. The Kier molecular flexibility index (Phi) is 2.80. The van der Waals surface area contributed by atoms with Crippen LogP contribution in [0.4, 0.5) is 4.79 Å². The van der Waals surface area contributed by atoms with Gasteiger partial charge in [-0.3, -0.25) is 4.90 Å². The van der Waals surface area contributed by atoms with Gasteiger partial charge in [0.15, 0.2) is 6.04 Å². The monoisotopic (exact) mass is 252 g/mol. The van der Waals surface area contributed by atoms with Gasteiger partial charge in [0.05, 0.1) is 6.54 Å². The Balaban J connectivity index is 2.23. The Labute approximate surface area is 105 Å². The van der Waals surface area contributed by atoms with Crippen LogP contribution in [0, 0.1) is 0 Å². The summed E-state index contributed by atoms with van der Waals surface area (Å²) in [5, 5.41) is 9.23. The predicted molar refractivity (Wildman–Crippen MR) is 62.9 cm³/mol. The van der Waals surface area contributed by atoms with Crippen molar-refractivity contribution in [2.24, 2.45) is 0 Å². The van der Waals surface area contributed by atoms with E-state index in [1.807, 2.05) is 0 Å². The molecule has 2 rings (SSSR count). The third-order valence-electron chi connectivity index (χ3n) is 2.67. The first-order valence-electron chi connectivity index (χ1n) is 5.68. The van der Waals surface area contributed by atoms with Crippen molar-refractivity contribution < 1.29 is 19.4 Å². The summed E-state index contributed by atoms with van der Waals surface area (Å²) in [5.41, 5.74) is 0.720. The highest BCUT2D eigenvalue weighted by molar-refractivity contribution is 5.83. The minimum Gasteiger partial charge on any atom is -0.479 e. The first-order valence-corrected chi connectivity index (χ1v) is 5.68. The molecule has 2 N–H and O–H groups in total. The van der Waals surface area contributed by atoms with Crippen LogP contribution < -0.4 is 0 Å². The number of aromatic amines is 1. The number of nitrogens with zero attached hydrogens (tertiary/aromatic N) is 1. The Morgan fingerprint density at radius 1 is 1.50 bits per heavy atom. The van der Waals surface area contributed by atoms with E-state index < -0.39 is 23.7 Å². The number of carboxylic acid groups (broad SMARTS) is 1. The number of aliphatic carboxylic acids is 1. The topological polar surface area (TPSA) is 82.6 Å². The summed E-state index contributed by atoms with van der Waals surface area (Å²) < 4.78 is 5.21. The molecule has 1 amide bonds. The molecule has 1 aliphatic heterocycles. The van der Waals surface area contributed by atoms with Crippen molar-refractivity contribution in [3.05, 3.63) is 23.5 Å². The summed E-state index contributed by atoms with van der Waals surface area (Å²) in [5.74, 6) is -1.06. The molecule has 0 saturated heterocycles. The first-order chi connectivity index (χ1) is 8.29. The second-order valence-corrected chi connectivity index (χ2v) is 5.26. The number of nitrogens with one attached hydrogen (secondary N) is 1. The number of carboxylic acids is 1. The number of H-pyrrole nitrogens is 1. The molecule has 6 nitrogen and oxygen atoms in total. The summed E-state index contributed by atoms with van der Waals surface area (Å²) in [7, 11) is 0. The van der Waals surface area contributed by atoms with E-state index >= 15 is 0 Å². The van der Waals surface area contributed by atoms with Gasteiger partial charge in [0.25, 0.3) is 0 Å². The molecule has 0 saturated carbocycles. The molecule has 1 aromatic heterocycles. The van der Waals surface area contributed by atoms with Gasteiger partial charge in [-0.25, -0.2) is 9.59 Å². The molecule has 0 bridgehead atoms. The second kappa shape index (κ2) is 4.04. The van der Waals surface area contributed by atoms with E-state index in [2.05, 4.69) is 4.98 Å². The molecule has 18 heavy (non-hydrogen) atoms. The number of aromatic nitrogens is 1. The lowest BCUT2D eigenvalue weighted by atomic mass is 10.1. The molecule has 0 radical (unpaired) electrons. The van der Waals surface area contributed by atoms with E-state index in [1.54, 1.807) is 33.0 Å². The van der Waals surface area contributed by atoms with Crippen LogP contribution in [0.3, 0.4) is 0 Å². The van der Waals surface area contributed by atoms with Crippen molar-refractivity contribution in [3.63, 3.8) is 0 Å². The number of amides is 1. The molecule has 1 atom stereocenters. The highest BCUT2D eigenvalue weighted by Gasteiger charge is 2.41. The van der Waals surface area contributed by atoms with Gasteiger partial charge in [-0.05, 0) is 26.8 Å². The van der Waals surface area contributed by atoms with E-state index in [1.165, 1.54) is 4.90 Å². The van der Waals surface area contributed by atoms with Crippen LogP contribution in [0.25, 0.3) is 0 Å². The minimum absolute atomic E-state index is 0.230. The van der Waals surface area contributed by atoms with Gasteiger partial charge in [-0.15, -0.1) is 0 Å². The summed E-state index contributed by atoms with van der Waals surface area (Å²) in [6.45, 7) is 5.47. The zero-order valence-electron chi connectivity index (χ0n) is 10.6. The fourth-order valence-electron chi connectivity index (χ4n) is 2.00. The van der Waals surface area contributed by atoms with Crippen LogP contribution in [0.5, 0.6) is 0 Å². The van der Waals surface area contributed by atoms with Crippen LogP contribution >= 0.6 is 0 Å². The van der Waals surface area contributed by atoms with E-state index in [-0.39, 0.29) is 6.54 Å². The maximum Gasteiger partial charge on any atom is 0.411 e. The molecule has 0 spiro atoms. The van der Waals surface area contributed by atoms with Crippen molar-refractivity contribution in [1.82, 2.24) is 9.88 Å². The average Bonchev–Trinajstić information content (AvgIpc) is 2.70. The summed E-state index contributed by atoms with van der Waals surface area (Å²) in [6.07, 6.45) is 1.06. The number of carbonyl (C=O) groups is 2. The van der Waals surface area contributed by atoms with Crippen LogP contribution in [-0.4, -0.2) is 32.7 Å². The average molecular weight is 252 g/mol. The molecule has 0 aromatic carbocycles. The van der Waals surface area contributed by atoms with Gasteiger partial charge in [0.1, 0.15) is 5.60 Å². The summed E-state index contributed by atoms with van der Waals surface area (Å²) in [4.78, 5) is 27.4. The van der Waals surface area contributed by atoms with Gasteiger partial charge in [-0.1, -0.05) is 0 Å². The third kappa shape index (κ3) is 2.18. The van der Waals surface area contributed by atoms with Crippen molar-refractivity contribution in [2.45, 2.75) is 39.0 Å². The Morgan fingerprint density at radius 2 is 2.17 bits per heavy atom. The fourth-order valence-corrected chi connectivity index (χ4v) is 2.00. The van der Waals surface area contributed by atoms with Crippen molar-refractivity contribution >= 4 is 12.1 Å². The van der Waals surface area contributed by atoms with Crippen LogP contribution in [-0.2, 0) is 16.1 Å². The molecule has 1 aliphatic rings. The number of rotatable bonds is 1. The standard InChI is InChI=1S/C12H16N2O4/c1-12(2,3)18-11(17)14-6-8-7(4-5-13-8)9(14)10(15)16/h4-5,9,13H,6H2,1-3H3,(H,15,16). The maximum atomic E-state index is 12.0. The summed E-state index contributed by atoms with van der Waals surface area (Å²) >= 11 is 0. The quantitative estimate of drug-likeness (QED) is 0.799. The Morgan fingerprint density at radius 3 is 2.72 bits per heavy atom. The normalized spacial score (nSPS) is 18.6. The second-order valence-electron chi connectivity index (χ2n) is 5.26. The lowest BCUT2D eigenvalue weighted by Crippen LogP contribution is -2.38. The lowest BCUT2D eigenvalue weighted by molar-refractivity contribution is -0.143. The van der Waals surface area contributed by atoms with Crippen molar-refractivity contribution in [2.75, 3.05) is 0 Å². The molecule has 6 heteroatoms. The van der Waals surface area contributed by atoms with E-state index in [4.69, 9.17) is 4.74 Å². The number of hydrogen-bond donors (Lipinski definition) is 2. The number of carbonyl (C=O) groups excluding carboxylic acids is 1. The molecule has 98 valence electrons. The van der Waals surface area contributed by atoms with E-state index in [9.17, 15) is 14.7 Å². The first kappa shape index (κ1) is 12.5.